The van der Waals surface area contributed by atoms with E-state index in [-0.39, 0.29) is 6.04 Å². The molecule has 1 aliphatic heterocycles. The molecule has 3 nitrogen and oxygen atoms in total. The van der Waals surface area contributed by atoms with E-state index in [1.807, 2.05) is 18.4 Å². The van der Waals surface area contributed by atoms with Gasteiger partial charge in [0.2, 0.25) is 0 Å². The molecule has 1 aliphatic rings. The average molecular weight is 292 g/mol. The lowest BCUT2D eigenvalue weighted by Gasteiger charge is -2.15. The predicted octanol–water partition coefficient (Wildman–Crippen LogP) is 3.36. The van der Waals surface area contributed by atoms with Gasteiger partial charge in [-0.2, -0.15) is 0 Å². The molecule has 0 amide bonds. The maximum Gasteiger partial charge on any atom is 0.134 e. The number of likely N-dealkylation sites (tertiary alicyclic amines) is 1. The van der Waals surface area contributed by atoms with Gasteiger partial charge in [0.1, 0.15) is 5.58 Å². The number of benzene rings is 2. The van der Waals surface area contributed by atoms with Crippen molar-refractivity contribution >= 4 is 11.0 Å². The average Bonchev–Trinajstić information content (AvgIpc) is 3.13. The first-order valence-electron chi connectivity index (χ1n) is 7.79. The minimum Gasteiger partial charge on any atom is -0.464 e. The number of para-hydroxylation sites is 1. The number of nitrogens with zero attached hydrogens (tertiary/aromatic N) is 1. The lowest BCUT2D eigenvalue weighted by Crippen LogP contribution is -2.28. The van der Waals surface area contributed by atoms with Crippen molar-refractivity contribution in [3.63, 3.8) is 0 Å². The number of fused-ring (bicyclic) bond motifs is 1. The SMILES string of the molecule is N[C@@H]1CN(Cc2coc3ccccc23)C[C@H]1c1ccccc1. The third kappa shape index (κ3) is 2.43. The molecule has 2 heterocycles. The standard InChI is InChI=1S/C19H20N2O/c20-18-12-21(11-17(18)14-6-2-1-3-7-14)10-15-13-22-19-9-5-4-8-16(15)19/h1-9,13,17-18H,10-12,20H2/t17-,18+/m0/s1. The third-order valence-corrected chi connectivity index (χ3v) is 4.62. The lowest BCUT2D eigenvalue weighted by molar-refractivity contribution is 0.323. The van der Waals surface area contributed by atoms with Crippen LogP contribution in [0.5, 0.6) is 0 Å². The van der Waals surface area contributed by atoms with E-state index in [9.17, 15) is 0 Å². The fraction of sp³-hybridized carbons (Fsp3) is 0.263. The molecular formula is C19H20N2O. The summed E-state index contributed by atoms with van der Waals surface area (Å²) in [5.74, 6) is 0.416. The van der Waals surface area contributed by atoms with Gasteiger partial charge in [-0.25, -0.2) is 0 Å². The van der Waals surface area contributed by atoms with Crippen LogP contribution < -0.4 is 5.73 Å². The summed E-state index contributed by atoms with van der Waals surface area (Å²) in [6, 6.07) is 19.0. The highest BCUT2D eigenvalue weighted by Gasteiger charge is 2.31. The molecule has 1 fully saturated rings. The molecule has 112 valence electrons. The predicted molar refractivity (Wildman–Crippen MR) is 88.6 cm³/mol. The fourth-order valence-electron chi connectivity index (χ4n) is 3.49. The lowest BCUT2D eigenvalue weighted by atomic mass is 9.95. The van der Waals surface area contributed by atoms with Crippen LogP contribution in [0.15, 0.2) is 65.3 Å². The molecule has 1 saturated heterocycles. The minimum absolute atomic E-state index is 0.195. The molecule has 0 aliphatic carbocycles. The summed E-state index contributed by atoms with van der Waals surface area (Å²) in [5, 5.41) is 1.21. The summed E-state index contributed by atoms with van der Waals surface area (Å²) >= 11 is 0. The van der Waals surface area contributed by atoms with Crippen LogP contribution >= 0.6 is 0 Å². The molecule has 0 saturated carbocycles. The van der Waals surface area contributed by atoms with Gasteiger partial charge in [0.25, 0.3) is 0 Å². The topological polar surface area (TPSA) is 42.4 Å². The van der Waals surface area contributed by atoms with Gasteiger partial charge in [0.15, 0.2) is 0 Å². The molecule has 3 heteroatoms. The van der Waals surface area contributed by atoms with Crippen LogP contribution in [0.25, 0.3) is 11.0 Å². The van der Waals surface area contributed by atoms with Crippen molar-refractivity contribution in [2.75, 3.05) is 13.1 Å². The van der Waals surface area contributed by atoms with Crippen molar-refractivity contribution in [2.24, 2.45) is 5.73 Å². The van der Waals surface area contributed by atoms with Crippen molar-refractivity contribution in [3.8, 4) is 0 Å². The normalized spacial score (nSPS) is 22.4. The van der Waals surface area contributed by atoms with Gasteiger partial charge in [0.05, 0.1) is 6.26 Å². The molecule has 22 heavy (non-hydrogen) atoms. The second kappa shape index (κ2) is 5.59. The Labute approximate surface area is 130 Å². The molecule has 2 N–H and O–H groups in total. The molecule has 0 unspecified atom stereocenters. The van der Waals surface area contributed by atoms with Crippen LogP contribution in [0.3, 0.4) is 0 Å². The van der Waals surface area contributed by atoms with Gasteiger partial charge >= 0.3 is 0 Å². The van der Waals surface area contributed by atoms with Gasteiger partial charge in [-0.05, 0) is 11.6 Å². The van der Waals surface area contributed by atoms with Crippen molar-refractivity contribution in [2.45, 2.75) is 18.5 Å². The summed E-state index contributed by atoms with van der Waals surface area (Å²) in [4.78, 5) is 2.43. The summed E-state index contributed by atoms with van der Waals surface area (Å²) in [5.41, 5.74) is 9.93. The molecule has 2 aromatic carbocycles. The van der Waals surface area contributed by atoms with Gasteiger partial charge in [-0.15, -0.1) is 0 Å². The Hall–Kier alpha value is -2.10. The zero-order valence-corrected chi connectivity index (χ0v) is 12.5. The highest BCUT2D eigenvalue weighted by atomic mass is 16.3. The van der Waals surface area contributed by atoms with Gasteiger partial charge < -0.3 is 10.2 Å². The second-order valence-electron chi connectivity index (χ2n) is 6.13. The zero-order chi connectivity index (χ0) is 14.9. The number of furan rings is 1. The van der Waals surface area contributed by atoms with Crippen molar-refractivity contribution in [1.29, 1.82) is 0 Å². The van der Waals surface area contributed by atoms with E-state index in [4.69, 9.17) is 10.2 Å². The Kier molecular flexibility index (Phi) is 3.45. The second-order valence-corrected chi connectivity index (χ2v) is 6.13. The van der Waals surface area contributed by atoms with Crippen LogP contribution in [0.1, 0.15) is 17.0 Å². The molecule has 3 aromatic rings. The Balaban J connectivity index is 1.53. The fourth-order valence-corrected chi connectivity index (χ4v) is 3.49. The Morgan fingerprint density at radius 1 is 1.00 bits per heavy atom. The summed E-state index contributed by atoms with van der Waals surface area (Å²) in [6.45, 7) is 2.83. The highest BCUT2D eigenvalue weighted by Crippen LogP contribution is 2.29. The van der Waals surface area contributed by atoms with Crippen molar-refractivity contribution < 1.29 is 4.42 Å². The molecular weight excluding hydrogens is 272 g/mol. The maximum atomic E-state index is 6.38. The first-order valence-corrected chi connectivity index (χ1v) is 7.79. The van der Waals surface area contributed by atoms with Gasteiger partial charge in [-0.3, -0.25) is 4.90 Å². The quantitative estimate of drug-likeness (QED) is 0.805. The van der Waals surface area contributed by atoms with Crippen LogP contribution in [-0.2, 0) is 6.54 Å². The van der Waals surface area contributed by atoms with Crippen LogP contribution in [0.4, 0.5) is 0 Å². The molecule has 1 aromatic heterocycles. The van der Waals surface area contributed by atoms with E-state index >= 15 is 0 Å². The molecule has 0 spiro atoms. The Bertz CT molecular complexity index is 765. The van der Waals surface area contributed by atoms with Gasteiger partial charge in [0, 0.05) is 42.5 Å². The molecule has 4 rings (SSSR count). The first kappa shape index (κ1) is 13.6. The number of hydrogen-bond acceptors (Lipinski definition) is 3. The number of nitrogens with two attached hydrogens (primary N) is 1. The summed E-state index contributed by atoms with van der Waals surface area (Å²) in [6.07, 6.45) is 1.88. The Morgan fingerprint density at radius 2 is 1.77 bits per heavy atom. The van der Waals surface area contributed by atoms with Crippen LogP contribution in [0, 0.1) is 0 Å². The highest BCUT2D eigenvalue weighted by molar-refractivity contribution is 5.80. The van der Waals surface area contributed by atoms with E-state index in [0.29, 0.717) is 5.92 Å². The molecule has 2 atom stereocenters. The van der Waals surface area contributed by atoms with Crippen molar-refractivity contribution in [1.82, 2.24) is 4.90 Å². The summed E-state index contributed by atoms with van der Waals surface area (Å²) < 4.78 is 5.64. The Morgan fingerprint density at radius 3 is 2.64 bits per heavy atom. The third-order valence-electron chi connectivity index (χ3n) is 4.62. The van der Waals surface area contributed by atoms with E-state index < -0.39 is 0 Å². The first-order chi connectivity index (χ1) is 10.8. The number of rotatable bonds is 3. The van der Waals surface area contributed by atoms with E-state index in [0.717, 1.165) is 25.2 Å². The number of hydrogen-bond donors (Lipinski definition) is 1. The minimum atomic E-state index is 0.195. The van der Waals surface area contributed by atoms with Crippen LogP contribution in [0.2, 0.25) is 0 Å². The van der Waals surface area contributed by atoms with Gasteiger partial charge in [-0.1, -0.05) is 48.5 Å². The van der Waals surface area contributed by atoms with Crippen LogP contribution in [-0.4, -0.2) is 24.0 Å². The van der Waals surface area contributed by atoms with Crippen molar-refractivity contribution in [3.05, 3.63) is 72.0 Å². The largest absolute Gasteiger partial charge is 0.464 e. The monoisotopic (exact) mass is 292 g/mol. The van der Waals surface area contributed by atoms with E-state index in [2.05, 4.69) is 47.4 Å². The molecule has 0 bridgehead atoms. The zero-order valence-electron chi connectivity index (χ0n) is 12.5. The maximum absolute atomic E-state index is 6.38. The smallest absolute Gasteiger partial charge is 0.134 e. The van der Waals surface area contributed by atoms with E-state index in [1.54, 1.807) is 0 Å². The summed E-state index contributed by atoms with van der Waals surface area (Å²) in [7, 11) is 0. The molecule has 0 radical (unpaired) electrons. The van der Waals surface area contributed by atoms with E-state index in [1.165, 1.54) is 16.5 Å².